The summed E-state index contributed by atoms with van der Waals surface area (Å²) in [5.41, 5.74) is 7.58. The van der Waals surface area contributed by atoms with E-state index in [0.29, 0.717) is 23.1 Å². The van der Waals surface area contributed by atoms with E-state index in [1.54, 1.807) is 10.9 Å². The highest BCUT2D eigenvalue weighted by Crippen LogP contribution is 2.19. The van der Waals surface area contributed by atoms with Crippen molar-refractivity contribution in [2.45, 2.75) is 27.2 Å². The number of nitrogens with zero attached hydrogens (tertiary/aromatic N) is 4. The first-order chi connectivity index (χ1) is 14.5. The number of nitrogens with one attached hydrogen (secondary N) is 1. The number of hydrazine groups is 1. The fraction of sp³-hybridized carbons (Fsp3) is 0.167. The van der Waals surface area contributed by atoms with Crippen molar-refractivity contribution in [2.24, 2.45) is 5.11 Å². The minimum Gasteiger partial charge on any atom is -0.238 e. The van der Waals surface area contributed by atoms with Crippen molar-refractivity contribution in [2.75, 3.05) is 5.53 Å². The third-order valence-corrected chi connectivity index (χ3v) is 4.88. The molecule has 0 aliphatic carbocycles. The molecule has 0 aliphatic heterocycles. The van der Waals surface area contributed by atoms with E-state index in [4.69, 9.17) is 5.11 Å². The van der Waals surface area contributed by atoms with E-state index in [9.17, 15) is 4.79 Å². The van der Waals surface area contributed by atoms with Gasteiger partial charge in [-0.1, -0.05) is 69.8 Å². The lowest BCUT2D eigenvalue weighted by molar-refractivity contribution is -0.491. The van der Waals surface area contributed by atoms with Gasteiger partial charge in [-0.25, -0.2) is 9.78 Å². The molecule has 0 spiro atoms. The molecule has 0 aliphatic rings. The maximum absolute atomic E-state index is 13.2. The maximum atomic E-state index is 13.2. The fourth-order valence-corrected chi connectivity index (χ4v) is 3.16. The SMILES string of the molecule is CCc1nc2ccccc2c(=O)n1N[N+](=Nc1ccc(C)cc1)c1ccc(C)cc1. The largest absolute Gasteiger partial charge is 0.367 e. The average molecular weight is 398 g/mol. The Balaban J connectivity index is 1.86. The van der Waals surface area contributed by atoms with Crippen molar-refractivity contribution in [3.63, 3.8) is 0 Å². The maximum Gasteiger partial charge on any atom is 0.367 e. The second-order valence-corrected chi connectivity index (χ2v) is 7.22. The minimum absolute atomic E-state index is 0.159. The number of aryl methyl sites for hydroxylation is 3. The van der Waals surface area contributed by atoms with Crippen LogP contribution in [0.5, 0.6) is 0 Å². The molecule has 0 unspecified atom stereocenters. The van der Waals surface area contributed by atoms with Gasteiger partial charge in [0.1, 0.15) is 5.69 Å². The lowest BCUT2D eigenvalue weighted by Crippen LogP contribution is -2.36. The number of azo groups is 1. The molecule has 0 radical (unpaired) electrons. The highest BCUT2D eigenvalue weighted by Gasteiger charge is 2.19. The van der Waals surface area contributed by atoms with Crippen LogP contribution in [0.3, 0.4) is 0 Å². The van der Waals surface area contributed by atoms with Crippen LogP contribution < -0.4 is 11.1 Å². The first-order valence-electron chi connectivity index (χ1n) is 9.97. The predicted molar refractivity (Wildman–Crippen MR) is 119 cm³/mol. The fourth-order valence-electron chi connectivity index (χ4n) is 3.16. The Labute approximate surface area is 175 Å². The van der Waals surface area contributed by atoms with Crippen molar-refractivity contribution in [3.8, 4) is 0 Å². The molecule has 0 amide bonds. The second kappa shape index (κ2) is 8.29. The number of aromatic nitrogens is 2. The van der Waals surface area contributed by atoms with Crippen LogP contribution in [0.25, 0.3) is 10.9 Å². The predicted octanol–water partition coefficient (Wildman–Crippen LogP) is 5.16. The average Bonchev–Trinajstić information content (AvgIpc) is 2.77. The van der Waals surface area contributed by atoms with E-state index in [1.807, 2.05) is 87.5 Å². The van der Waals surface area contributed by atoms with Gasteiger partial charge in [-0.05, 0) is 55.1 Å². The monoisotopic (exact) mass is 398 g/mol. The summed E-state index contributed by atoms with van der Waals surface area (Å²) in [6.45, 7) is 6.04. The van der Waals surface area contributed by atoms with Gasteiger partial charge in [-0.3, -0.25) is 0 Å². The summed E-state index contributed by atoms with van der Waals surface area (Å²) in [7, 11) is 0. The molecule has 1 N–H and O–H groups in total. The van der Waals surface area contributed by atoms with Crippen LogP contribution in [0.4, 0.5) is 11.4 Å². The van der Waals surface area contributed by atoms with Crippen LogP contribution in [0.15, 0.2) is 82.7 Å². The third-order valence-electron chi connectivity index (χ3n) is 4.88. The zero-order chi connectivity index (χ0) is 21.1. The number of hydrogen-bond donors (Lipinski definition) is 1. The quantitative estimate of drug-likeness (QED) is 0.287. The van der Waals surface area contributed by atoms with E-state index < -0.39 is 0 Å². The molecule has 0 atom stereocenters. The molecular formula is C24H24N5O+. The molecule has 30 heavy (non-hydrogen) atoms. The minimum atomic E-state index is -0.159. The van der Waals surface area contributed by atoms with Gasteiger partial charge in [-0.15, -0.1) is 0 Å². The summed E-state index contributed by atoms with van der Waals surface area (Å²) in [6, 6.07) is 23.2. The van der Waals surface area contributed by atoms with Gasteiger partial charge in [0.05, 0.1) is 10.9 Å². The number of hydrogen-bond acceptors (Lipinski definition) is 3. The highest BCUT2D eigenvalue weighted by atomic mass is 16.1. The van der Waals surface area contributed by atoms with Gasteiger partial charge in [0.25, 0.3) is 0 Å². The van der Waals surface area contributed by atoms with Crippen molar-refractivity contribution >= 4 is 22.3 Å². The van der Waals surface area contributed by atoms with Gasteiger partial charge in [0.15, 0.2) is 5.69 Å². The molecule has 4 aromatic rings. The molecule has 1 aromatic heterocycles. The van der Waals surface area contributed by atoms with Crippen LogP contribution in [0, 0.1) is 13.8 Å². The van der Waals surface area contributed by atoms with Crippen molar-refractivity contribution in [1.82, 2.24) is 9.66 Å². The Hall–Kier alpha value is -3.80. The molecule has 1 heterocycles. The Kier molecular flexibility index (Phi) is 5.39. The normalized spacial score (nSPS) is 11.6. The van der Waals surface area contributed by atoms with Crippen LogP contribution >= 0.6 is 0 Å². The van der Waals surface area contributed by atoms with Gasteiger partial charge in [0, 0.05) is 6.42 Å². The van der Waals surface area contributed by atoms with E-state index in [1.165, 1.54) is 4.68 Å². The molecular weight excluding hydrogens is 374 g/mol. The standard InChI is InChI=1S/C24H24N5O/c1-4-23-25-22-8-6-5-7-21(22)24(30)28(23)27-29(20-15-11-18(3)12-16-20)26-19-13-9-17(2)10-14-19/h5-16H,4H2,1-3H3,(H,26,27)/q+1. The van der Waals surface area contributed by atoms with E-state index in [0.717, 1.165) is 22.5 Å². The summed E-state index contributed by atoms with van der Waals surface area (Å²) in [4.78, 5) is 19.5. The number of rotatable bonds is 5. The molecule has 4 rings (SSSR count). The van der Waals surface area contributed by atoms with E-state index in [-0.39, 0.29) is 5.56 Å². The van der Waals surface area contributed by atoms with Crippen molar-refractivity contribution in [3.05, 3.63) is 100 Å². The zero-order valence-corrected chi connectivity index (χ0v) is 17.3. The number of benzene rings is 3. The molecule has 0 bridgehead atoms. The number of fused-ring (bicyclic) bond motifs is 1. The topological polar surface area (TPSA) is 62.3 Å². The number of para-hydroxylation sites is 1. The lowest BCUT2D eigenvalue weighted by Gasteiger charge is -2.10. The van der Waals surface area contributed by atoms with E-state index in [2.05, 4.69) is 10.5 Å². The first kappa shape index (κ1) is 19.5. The summed E-state index contributed by atoms with van der Waals surface area (Å²) in [5, 5.41) is 5.28. The van der Waals surface area contributed by atoms with Gasteiger partial charge >= 0.3 is 5.56 Å². The third kappa shape index (κ3) is 3.98. The van der Waals surface area contributed by atoms with E-state index >= 15 is 0 Å². The second-order valence-electron chi connectivity index (χ2n) is 7.22. The smallest absolute Gasteiger partial charge is 0.238 e. The van der Waals surface area contributed by atoms with Gasteiger partial charge in [-0.2, -0.15) is 0 Å². The van der Waals surface area contributed by atoms with Crippen molar-refractivity contribution < 1.29 is 4.81 Å². The molecule has 0 saturated carbocycles. The molecule has 3 aromatic carbocycles. The van der Waals surface area contributed by atoms with Crippen LogP contribution in [-0.2, 0) is 6.42 Å². The molecule has 0 saturated heterocycles. The summed E-state index contributed by atoms with van der Waals surface area (Å²) in [5.74, 6) is 0.634. The van der Waals surface area contributed by atoms with Gasteiger partial charge < -0.3 is 0 Å². The molecule has 6 nitrogen and oxygen atoms in total. The Morgan fingerprint density at radius 2 is 1.57 bits per heavy atom. The Morgan fingerprint density at radius 3 is 2.23 bits per heavy atom. The first-order valence-corrected chi connectivity index (χ1v) is 9.97. The van der Waals surface area contributed by atoms with Crippen molar-refractivity contribution in [1.29, 1.82) is 0 Å². The Morgan fingerprint density at radius 1 is 0.933 bits per heavy atom. The summed E-state index contributed by atoms with van der Waals surface area (Å²) >= 11 is 0. The molecule has 0 fully saturated rings. The van der Waals surface area contributed by atoms with Gasteiger partial charge in [0.2, 0.25) is 5.82 Å². The van der Waals surface area contributed by atoms with Crippen LogP contribution in [0.2, 0.25) is 0 Å². The van der Waals surface area contributed by atoms with Crippen LogP contribution in [-0.4, -0.2) is 14.5 Å². The molecule has 6 heteroatoms. The Bertz CT molecular complexity index is 1270. The zero-order valence-electron chi connectivity index (χ0n) is 17.3. The lowest BCUT2D eigenvalue weighted by atomic mass is 10.2. The highest BCUT2D eigenvalue weighted by molar-refractivity contribution is 5.77. The summed E-state index contributed by atoms with van der Waals surface area (Å²) < 4.78 is 1.47. The molecule has 150 valence electrons. The van der Waals surface area contributed by atoms with Crippen LogP contribution in [0.1, 0.15) is 23.9 Å². The summed E-state index contributed by atoms with van der Waals surface area (Å²) in [6.07, 6.45) is 0.597.